The van der Waals surface area contributed by atoms with E-state index < -0.39 is 0 Å². The van der Waals surface area contributed by atoms with Crippen LogP contribution in [0, 0.1) is 0 Å². The molecule has 1 saturated heterocycles. The van der Waals surface area contributed by atoms with Crippen molar-refractivity contribution < 1.29 is 0 Å². The second kappa shape index (κ2) is 5.69. The second-order valence-electron chi connectivity index (χ2n) is 4.74. The van der Waals surface area contributed by atoms with Crippen molar-refractivity contribution in [1.82, 2.24) is 10.2 Å². The molecule has 0 radical (unpaired) electrons. The van der Waals surface area contributed by atoms with Crippen molar-refractivity contribution in [3.05, 3.63) is 23.2 Å². The first kappa shape index (κ1) is 13.3. The Bertz CT molecular complexity index is 411. The van der Waals surface area contributed by atoms with E-state index in [1.54, 1.807) is 0 Å². The summed E-state index contributed by atoms with van der Waals surface area (Å²) in [6.07, 6.45) is 6.05. The monoisotopic (exact) mass is 266 g/mol. The smallest absolute Gasteiger partial charge is 0.156 e. The van der Waals surface area contributed by atoms with Gasteiger partial charge in [-0.2, -0.15) is 0 Å². The number of hydrogen-bond donors (Lipinski definition) is 3. The Morgan fingerprint density at radius 1 is 1.56 bits per heavy atom. The molecule has 0 aromatic carbocycles. The minimum Gasteiger partial charge on any atom is -0.400 e. The van der Waals surface area contributed by atoms with Crippen LogP contribution in [0.1, 0.15) is 39.5 Å². The Balaban J connectivity index is 2.28. The highest BCUT2D eigenvalue weighted by atomic mass is 32.1. The normalized spacial score (nSPS) is 23.3. The van der Waals surface area contributed by atoms with E-state index in [1.165, 1.54) is 5.57 Å². The first-order chi connectivity index (χ1) is 8.67. The average molecular weight is 266 g/mol. The van der Waals surface area contributed by atoms with Crippen LogP contribution in [0.5, 0.6) is 0 Å². The lowest BCUT2D eigenvalue weighted by Crippen LogP contribution is -2.33. The maximum Gasteiger partial charge on any atom is 0.156 e. The van der Waals surface area contributed by atoms with Crippen molar-refractivity contribution in [3.63, 3.8) is 0 Å². The summed E-state index contributed by atoms with van der Waals surface area (Å²) in [5.41, 5.74) is 9.27. The number of amidine groups is 1. The molecule has 4 nitrogen and oxygen atoms in total. The van der Waals surface area contributed by atoms with Crippen molar-refractivity contribution >= 4 is 18.5 Å². The number of allylic oxidation sites excluding steroid dienone is 1. The van der Waals surface area contributed by atoms with E-state index in [-0.39, 0.29) is 5.50 Å². The first-order valence-corrected chi connectivity index (χ1v) is 7.15. The van der Waals surface area contributed by atoms with Gasteiger partial charge in [-0.1, -0.05) is 20.3 Å². The molecule has 0 spiro atoms. The van der Waals surface area contributed by atoms with E-state index >= 15 is 0 Å². The molecule has 0 amide bonds. The largest absolute Gasteiger partial charge is 0.400 e. The van der Waals surface area contributed by atoms with Gasteiger partial charge < -0.3 is 16.0 Å². The molecular formula is C13H22N4S. The standard InChI is InChI=1S/C13H22N4S/c1-3-5-6-17-12-11(16-13(17)18)10(14)7-9(4-2)8-15-12/h8,13,16,18H,3-7,14H2,1-2H3. The number of fused-ring (bicyclic) bond motifs is 1. The van der Waals surface area contributed by atoms with E-state index in [9.17, 15) is 0 Å². The Kier molecular flexibility index (Phi) is 4.22. The predicted octanol–water partition coefficient (Wildman–Crippen LogP) is 2.17. The van der Waals surface area contributed by atoms with E-state index in [4.69, 9.17) is 5.73 Å². The van der Waals surface area contributed by atoms with Gasteiger partial charge in [-0.3, -0.25) is 0 Å². The van der Waals surface area contributed by atoms with Gasteiger partial charge in [0, 0.05) is 24.9 Å². The summed E-state index contributed by atoms with van der Waals surface area (Å²) < 4.78 is 0. The number of rotatable bonds is 4. The molecule has 2 aliphatic heterocycles. The van der Waals surface area contributed by atoms with Crippen molar-refractivity contribution in [2.75, 3.05) is 6.54 Å². The fourth-order valence-corrected chi connectivity index (χ4v) is 2.56. The van der Waals surface area contributed by atoms with Crippen LogP contribution in [0.25, 0.3) is 0 Å². The molecule has 1 fully saturated rings. The summed E-state index contributed by atoms with van der Waals surface area (Å²) in [5, 5.41) is 3.33. The van der Waals surface area contributed by atoms with Crippen LogP contribution in [-0.4, -0.2) is 22.8 Å². The third-order valence-electron chi connectivity index (χ3n) is 3.38. The number of nitrogens with two attached hydrogens (primary N) is 1. The Morgan fingerprint density at radius 2 is 2.33 bits per heavy atom. The van der Waals surface area contributed by atoms with Gasteiger partial charge in [0.25, 0.3) is 0 Å². The molecule has 18 heavy (non-hydrogen) atoms. The second-order valence-corrected chi connectivity index (χ2v) is 5.22. The van der Waals surface area contributed by atoms with Crippen molar-refractivity contribution in [1.29, 1.82) is 0 Å². The molecule has 0 aromatic rings. The number of aliphatic imine (C=N–C) groups is 1. The SMILES string of the molecule is CCCCN1C2=NC=C(CC)CC(N)=C2NC1S. The van der Waals surface area contributed by atoms with E-state index in [2.05, 4.69) is 41.7 Å². The maximum atomic E-state index is 6.17. The third-order valence-corrected chi connectivity index (χ3v) is 3.79. The van der Waals surface area contributed by atoms with Crippen LogP contribution in [0.3, 0.4) is 0 Å². The molecule has 0 bridgehead atoms. The van der Waals surface area contributed by atoms with Gasteiger partial charge in [0.05, 0.1) is 5.70 Å². The van der Waals surface area contributed by atoms with Gasteiger partial charge in [-0.05, 0) is 18.4 Å². The summed E-state index contributed by atoms with van der Waals surface area (Å²) in [6, 6.07) is 0. The zero-order valence-corrected chi connectivity index (χ0v) is 12.0. The summed E-state index contributed by atoms with van der Waals surface area (Å²) in [5.74, 6) is 0.949. The minimum atomic E-state index is -0.0135. The van der Waals surface area contributed by atoms with Gasteiger partial charge in [-0.15, -0.1) is 12.6 Å². The topological polar surface area (TPSA) is 53.6 Å². The fourth-order valence-electron chi connectivity index (χ4n) is 2.21. The lowest BCUT2D eigenvalue weighted by Gasteiger charge is -2.21. The van der Waals surface area contributed by atoms with E-state index in [0.29, 0.717) is 0 Å². The van der Waals surface area contributed by atoms with Crippen molar-refractivity contribution in [3.8, 4) is 0 Å². The molecule has 1 atom stereocenters. The molecule has 0 aromatic heterocycles. The molecule has 2 aliphatic rings. The maximum absolute atomic E-state index is 6.17. The highest BCUT2D eigenvalue weighted by molar-refractivity contribution is 7.80. The molecule has 1 unspecified atom stereocenters. The van der Waals surface area contributed by atoms with Gasteiger partial charge in [0.15, 0.2) is 5.84 Å². The summed E-state index contributed by atoms with van der Waals surface area (Å²) in [7, 11) is 0. The van der Waals surface area contributed by atoms with E-state index in [0.717, 1.165) is 49.5 Å². The zero-order chi connectivity index (χ0) is 13.1. The van der Waals surface area contributed by atoms with Crippen LogP contribution in [-0.2, 0) is 0 Å². The quantitative estimate of drug-likeness (QED) is 0.684. The molecule has 100 valence electrons. The minimum absolute atomic E-state index is 0.0135. The number of nitrogens with one attached hydrogen (secondary N) is 1. The highest BCUT2D eigenvalue weighted by Gasteiger charge is 2.32. The molecule has 5 heteroatoms. The van der Waals surface area contributed by atoms with Gasteiger partial charge >= 0.3 is 0 Å². The molecule has 3 N–H and O–H groups in total. The van der Waals surface area contributed by atoms with Crippen LogP contribution in [0.2, 0.25) is 0 Å². The molecule has 2 rings (SSSR count). The van der Waals surface area contributed by atoms with Crippen LogP contribution in [0.15, 0.2) is 28.2 Å². The van der Waals surface area contributed by atoms with Gasteiger partial charge in [0.2, 0.25) is 0 Å². The Labute approximate surface area is 114 Å². The highest BCUT2D eigenvalue weighted by Crippen LogP contribution is 2.25. The number of nitrogens with zero attached hydrogens (tertiary/aromatic N) is 2. The number of thiol groups is 1. The summed E-state index contributed by atoms with van der Waals surface area (Å²) >= 11 is 4.56. The van der Waals surface area contributed by atoms with Crippen LogP contribution >= 0.6 is 12.6 Å². The number of hydrogen-bond acceptors (Lipinski definition) is 5. The summed E-state index contributed by atoms with van der Waals surface area (Å²) in [6.45, 7) is 5.28. The molecule has 0 aliphatic carbocycles. The van der Waals surface area contributed by atoms with Crippen molar-refractivity contribution in [2.24, 2.45) is 10.7 Å². The van der Waals surface area contributed by atoms with Crippen LogP contribution < -0.4 is 11.1 Å². The lowest BCUT2D eigenvalue weighted by molar-refractivity contribution is 0.397. The lowest BCUT2D eigenvalue weighted by atomic mass is 10.1. The Hall–Kier alpha value is -1.10. The number of unbranched alkanes of at least 4 members (excludes halogenated alkanes) is 1. The fraction of sp³-hybridized carbons (Fsp3) is 0.615. The third kappa shape index (κ3) is 2.51. The van der Waals surface area contributed by atoms with Gasteiger partial charge in [-0.25, -0.2) is 4.99 Å². The van der Waals surface area contributed by atoms with Crippen LogP contribution in [0.4, 0.5) is 0 Å². The average Bonchev–Trinajstić information content (AvgIpc) is 2.59. The molecule has 0 saturated carbocycles. The summed E-state index contributed by atoms with van der Waals surface area (Å²) in [4.78, 5) is 6.79. The molecule has 2 heterocycles. The Morgan fingerprint density at radius 3 is 3.00 bits per heavy atom. The van der Waals surface area contributed by atoms with Gasteiger partial charge in [0.1, 0.15) is 5.50 Å². The van der Waals surface area contributed by atoms with E-state index in [1.807, 2.05) is 6.20 Å². The van der Waals surface area contributed by atoms with Crippen molar-refractivity contribution in [2.45, 2.75) is 45.0 Å². The molecular weight excluding hydrogens is 244 g/mol. The first-order valence-electron chi connectivity index (χ1n) is 6.63. The predicted molar refractivity (Wildman–Crippen MR) is 79.2 cm³/mol. The zero-order valence-electron chi connectivity index (χ0n) is 11.1.